The Hall–Kier alpha value is -2.35. The summed E-state index contributed by atoms with van der Waals surface area (Å²) < 4.78 is 11.0. The standard InChI is InChI=1S/C18H27N5O3/c1-3-4-8-15-14(13(2)26-22-15)12-25-17-11-16(19-20-17)18(24)21-23-9-6-5-7-10-23/h11H,3-10,12H2,1-2H3,(H,19,20)(H,21,24). The lowest BCUT2D eigenvalue weighted by atomic mass is 10.1. The third-order valence-electron chi connectivity index (χ3n) is 4.61. The minimum absolute atomic E-state index is 0.195. The molecule has 0 bridgehead atoms. The van der Waals surface area contributed by atoms with Crippen LogP contribution in [-0.4, -0.2) is 39.4 Å². The first-order chi connectivity index (χ1) is 12.7. The zero-order valence-electron chi connectivity index (χ0n) is 15.5. The molecule has 0 aromatic carbocycles. The average molecular weight is 361 g/mol. The Labute approximate surface area is 153 Å². The molecule has 1 saturated heterocycles. The predicted molar refractivity (Wildman–Crippen MR) is 95.7 cm³/mol. The summed E-state index contributed by atoms with van der Waals surface area (Å²) >= 11 is 0. The molecule has 1 amide bonds. The number of hydrazine groups is 1. The molecule has 1 aliphatic heterocycles. The van der Waals surface area contributed by atoms with Crippen LogP contribution in [0.5, 0.6) is 5.88 Å². The second-order valence-corrected chi connectivity index (χ2v) is 6.66. The predicted octanol–water partition coefficient (Wildman–Crippen LogP) is 2.76. The normalized spacial score (nSPS) is 15.2. The number of aromatic nitrogens is 3. The molecule has 0 spiro atoms. The number of hydrogen-bond donors (Lipinski definition) is 2. The molecule has 8 heteroatoms. The van der Waals surface area contributed by atoms with Gasteiger partial charge in [-0.3, -0.25) is 15.3 Å². The van der Waals surface area contributed by atoms with Gasteiger partial charge in [-0.2, -0.15) is 0 Å². The van der Waals surface area contributed by atoms with Crippen LogP contribution >= 0.6 is 0 Å². The van der Waals surface area contributed by atoms with Crippen molar-refractivity contribution >= 4 is 5.91 Å². The van der Waals surface area contributed by atoms with Gasteiger partial charge < -0.3 is 9.26 Å². The smallest absolute Gasteiger partial charge is 0.283 e. The summed E-state index contributed by atoms with van der Waals surface area (Å²) in [6, 6.07) is 1.62. The molecule has 3 rings (SSSR count). The molecule has 0 saturated carbocycles. The molecular formula is C18H27N5O3. The third-order valence-corrected chi connectivity index (χ3v) is 4.61. The summed E-state index contributed by atoms with van der Waals surface area (Å²) in [4.78, 5) is 12.3. The van der Waals surface area contributed by atoms with Gasteiger partial charge >= 0.3 is 0 Å². The number of carbonyl (C=O) groups is 1. The van der Waals surface area contributed by atoms with Crippen LogP contribution < -0.4 is 10.2 Å². The maximum absolute atomic E-state index is 12.3. The van der Waals surface area contributed by atoms with Crippen LogP contribution in [0.1, 0.15) is 66.5 Å². The summed E-state index contributed by atoms with van der Waals surface area (Å²) in [6.07, 6.45) is 6.46. The molecule has 3 heterocycles. The van der Waals surface area contributed by atoms with Crippen molar-refractivity contribution in [2.24, 2.45) is 0 Å². The molecule has 142 valence electrons. The van der Waals surface area contributed by atoms with Crippen LogP contribution in [0.25, 0.3) is 0 Å². The number of ether oxygens (including phenoxy) is 1. The van der Waals surface area contributed by atoms with Gasteiger partial charge in [-0.15, -0.1) is 5.10 Å². The number of H-pyrrole nitrogens is 1. The zero-order chi connectivity index (χ0) is 18.4. The van der Waals surface area contributed by atoms with Crippen LogP contribution in [-0.2, 0) is 13.0 Å². The number of carbonyl (C=O) groups excluding carboxylic acids is 1. The molecule has 0 radical (unpaired) electrons. The summed E-state index contributed by atoms with van der Waals surface area (Å²) in [5.41, 5.74) is 5.18. The SMILES string of the molecule is CCCCc1noc(C)c1COc1cc(C(=O)NN2CCCCC2)[nH]n1. The summed E-state index contributed by atoms with van der Waals surface area (Å²) in [5, 5.41) is 12.9. The monoisotopic (exact) mass is 361 g/mol. The van der Waals surface area contributed by atoms with Crippen molar-refractivity contribution in [3.63, 3.8) is 0 Å². The first-order valence-electron chi connectivity index (χ1n) is 9.35. The molecule has 0 atom stereocenters. The van der Waals surface area contributed by atoms with Crippen LogP contribution in [0, 0.1) is 6.92 Å². The van der Waals surface area contributed by atoms with Crippen LogP contribution in [0.3, 0.4) is 0 Å². The number of unbranched alkanes of at least 4 members (excludes halogenated alkanes) is 1. The number of aryl methyl sites for hydroxylation is 2. The molecule has 2 N–H and O–H groups in total. The fourth-order valence-electron chi connectivity index (χ4n) is 3.01. The minimum Gasteiger partial charge on any atom is -0.472 e. The molecular weight excluding hydrogens is 334 g/mol. The van der Waals surface area contributed by atoms with Crippen molar-refractivity contribution in [3.05, 3.63) is 28.8 Å². The van der Waals surface area contributed by atoms with Crippen molar-refractivity contribution in [3.8, 4) is 5.88 Å². The molecule has 2 aromatic rings. The minimum atomic E-state index is -0.195. The van der Waals surface area contributed by atoms with Crippen molar-refractivity contribution in [1.82, 2.24) is 25.8 Å². The first kappa shape index (κ1) is 18.4. The van der Waals surface area contributed by atoms with Crippen molar-refractivity contribution in [2.75, 3.05) is 13.1 Å². The van der Waals surface area contributed by atoms with Crippen LogP contribution in [0.2, 0.25) is 0 Å². The van der Waals surface area contributed by atoms with E-state index in [0.717, 1.165) is 62.2 Å². The van der Waals surface area contributed by atoms with Crippen molar-refractivity contribution < 1.29 is 14.1 Å². The maximum Gasteiger partial charge on any atom is 0.283 e. The lowest BCUT2D eigenvalue weighted by Gasteiger charge is -2.26. The topological polar surface area (TPSA) is 96.3 Å². The van der Waals surface area contributed by atoms with E-state index >= 15 is 0 Å². The van der Waals surface area contributed by atoms with Crippen molar-refractivity contribution in [1.29, 1.82) is 0 Å². The van der Waals surface area contributed by atoms with E-state index in [4.69, 9.17) is 9.26 Å². The maximum atomic E-state index is 12.3. The summed E-state index contributed by atoms with van der Waals surface area (Å²) in [6.45, 7) is 6.12. The first-order valence-corrected chi connectivity index (χ1v) is 9.35. The van der Waals surface area contributed by atoms with Gasteiger partial charge in [0.1, 0.15) is 18.1 Å². The Morgan fingerprint density at radius 1 is 1.38 bits per heavy atom. The fourth-order valence-corrected chi connectivity index (χ4v) is 3.01. The Morgan fingerprint density at radius 3 is 2.96 bits per heavy atom. The Balaban J connectivity index is 1.55. The highest BCUT2D eigenvalue weighted by Gasteiger charge is 2.17. The van der Waals surface area contributed by atoms with Crippen LogP contribution in [0.4, 0.5) is 0 Å². The number of hydrogen-bond acceptors (Lipinski definition) is 6. The van der Waals surface area contributed by atoms with E-state index in [9.17, 15) is 4.79 Å². The molecule has 8 nitrogen and oxygen atoms in total. The second kappa shape index (κ2) is 8.84. The second-order valence-electron chi connectivity index (χ2n) is 6.66. The Morgan fingerprint density at radius 2 is 2.19 bits per heavy atom. The number of amides is 1. The van der Waals surface area contributed by atoms with E-state index in [1.54, 1.807) is 6.07 Å². The Kier molecular flexibility index (Phi) is 6.27. The molecule has 26 heavy (non-hydrogen) atoms. The number of aromatic amines is 1. The lowest BCUT2D eigenvalue weighted by Crippen LogP contribution is -2.45. The number of piperidine rings is 1. The third kappa shape index (κ3) is 4.63. The van der Waals surface area contributed by atoms with E-state index in [1.807, 2.05) is 11.9 Å². The van der Waals surface area contributed by atoms with Gasteiger partial charge in [-0.05, 0) is 32.6 Å². The van der Waals surface area contributed by atoms with Gasteiger partial charge in [-0.25, -0.2) is 5.01 Å². The quantitative estimate of drug-likeness (QED) is 0.750. The van der Waals surface area contributed by atoms with Gasteiger partial charge in [-0.1, -0.05) is 24.9 Å². The zero-order valence-corrected chi connectivity index (χ0v) is 15.5. The number of nitrogens with one attached hydrogen (secondary N) is 2. The molecule has 0 unspecified atom stereocenters. The number of rotatable bonds is 8. The lowest BCUT2D eigenvalue weighted by molar-refractivity contribution is 0.0744. The highest BCUT2D eigenvalue weighted by Crippen LogP contribution is 2.19. The van der Waals surface area contributed by atoms with E-state index < -0.39 is 0 Å². The fraction of sp³-hybridized carbons (Fsp3) is 0.611. The molecule has 0 aliphatic carbocycles. The van der Waals surface area contributed by atoms with Gasteiger partial charge in [0.05, 0.1) is 11.3 Å². The molecule has 1 fully saturated rings. The highest BCUT2D eigenvalue weighted by atomic mass is 16.5. The van der Waals surface area contributed by atoms with Gasteiger partial charge in [0.2, 0.25) is 5.88 Å². The summed E-state index contributed by atoms with van der Waals surface area (Å²) in [7, 11) is 0. The van der Waals surface area contributed by atoms with Crippen molar-refractivity contribution in [2.45, 2.75) is 59.0 Å². The van der Waals surface area contributed by atoms with E-state index in [1.165, 1.54) is 6.42 Å². The Bertz CT molecular complexity index is 718. The largest absolute Gasteiger partial charge is 0.472 e. The van der Waals surface area contributed by atoms with Gasteiger partial charge in [0.25, 0.3) is 5.91 Å². The van der Waals surface area contributed by atoms with Gasteiger partial charge in [0, 0.05) is 19.2 Å². The number of nitrogens with zero attached hydrogens (tertiary/aromatic N) is 3. The summed E-state index contributed by atoms with van der Waals surface area (Å²) in [5.74, 6) is 0.949. The molecule has 2 aromatic heterocycles. The molecule has 1 aliphatic rings. The van der Waals surface area contributed by atoms with E-state index in [2.05, 4.69) is 27.7 Å². The highest BCUT2D eigenvalue weighted by molar-refractivity contribution is 5.92. The van der Waals surface area contributed by atoms with E-state index in [0.29, 0.717) is 18.2 Å². The average Bonchev–Trinajstić information content (AvgIpc) is 3.26. The van der Waals surface area contributed by atoms with Gasteiger partial charge in [0.15, 0.2) is 0 Å². The van der Waals surface area contributed by atoms with E-state index in [-0.39, 0.29) is 5.91 Å². The van der Waals surface area contributed by atoms with Crippen LogP contribution in [0.15, 0.2) is 10.6 Å².